The molecule has 0 saturated heterocycles. The average molecular weight is 1130 g/mol. The molecule has 5 atom stereocenters. The SMILES string of the molecule is CCCCCCCCCCCCCCC(=O)O[C@H](COC(=O)CCCCCCCCCCC)COP(=O)(O)OC[C@@H](O)COP(=O)(O)OC[C@@H](COC(=O)CCCCCCCCC)OC(=O)CCCCCCCCCC. The topological polar surface area (TPSA) is 237 Å². The first kappa shape index (κ1) is 74.1. The maximum atomic E-state index is 12.9. The van der Waals surface area contributed by atoms with E-state index in [0.29, 0.717) is 25.7 Å². The number of rotatable bonds is 58. The van der Waals surface area contributed by atoms with E-state index < -0.39 is 97.5 Å². The average Bonchev–Trinajstić information content (AvgIpc) is 3.39. The molecular weight excluding hydrogens is 1020 g/mol. The number of phosphoric acid groups is 2. The van der Waals surface area contributed by atoms with Crippen molar-refractivity contribution >= 4 is 39.5 Å². The number of carbonyl (C=O) groups is 4. The van der Waals surface area contributed by atoms with E-state index >= 15 is 0 Å². The molecule has 0 bridgehead atoms. The Morgan fingerprint density at radius 3 is 0.776 bits per heavy atom. The van der Waals surface area contributed by atoms with Crippen LogP contribution in [0, 0.1) is 0 Å². The van der Waals surface area contributed by atoms with Gasteiger partial charge in [-0.3, -0.25) is 37.3 Å². The van der Waals surface area contributed by atoms with Gasteiger partial charge in [-0.1, -0.05) is 233 Å². The van der Waals surface area contributed by atoms with Gasteiger partial charge in [-0.15, -0.1) is 0 Å². The number of carbonyl (C=O) groups excluding carboxylic acids is 4. The lowest BCUT2D eigenvalue weighted by Gasteiger charge is -2.21. The van der Waals surface area contributed by atoms with Crippen LogP contribution in [0.15, 0.2) is 0 Å². The Kier molecular flexibility index (Phi) is 51.1. The van der Waals surface area contributed by atoms with Crippen LogP contribution in [-0.4, -0.2) is 96.7 Å². The number of ether oxygens (including phenoxy) is 4. The number of unbranched alkanes of at least 4 members (excludes halogenated alkanes) is 32. The van der Waals surface area contributed by atoms with E-state index in [0.717, 1.165) is 109 Å². The Hall–Kier alpha value is -1.94. The highest BCUT2D eigenvalue weighted by Gasteiger charge is 2.30. The van der Waals surface area contributed by atoms with E-state index in [1.54, 1.807) is 0 Å². The highest BCUT2D eigenvalue weighted by atomic mass is 31.2. The van der Waals surface area contributed by atoms with Crippen LogP contribution in [-0.2, 0) is 65.4 Å². The molecule has 0 fully saturated rings. The molecule has 0 aliphatic heterocycles. The second-order valence-electron chi connectivity index (χ2n) is 20.7. The summed E-state index contributed by atoms with van der Waals surface area (Å²) in [5.74, 6) is -2.15. The van der Waals surface area contributed by atoms with Crippen LogP contribution in [0.2, 0.25) is 0 Å². The third kappa shape index (κ3) is 51.5. The van der Waals surface area contributed by atoms with Gasteiger partial charge in [0.15, 0.2) is 12.2 Å². The zero-order valence-corrected chi connectivity index (χ0v) is 50.0. The smallest absolute Gasteiger partial charge is 0.462 e. The zero-order chi connectivity index (χ0) is 56.2. The second-order valence-corrected chi connectivity index (χ2v) is 23.6. The van der Waals surface area contributed by atoms with E-state index in [1.165, 1.54) is 96.3 Å². The van der Waals surface area contributed by atoms with Crippen molar-refractivity contribution in [2.45, 2.75) is 303 Å². The van der Waals surface area contributed by atoms with Gasteiger partial charge < -0.3 is 33.8 Å². The molecule has 0 rings (SSSR count). The zero-order valence-electron chi connectivity index (χ0n) is 48.2. The number of aliphatic hydroxyl groups excluding tert-OH is 1. The summed E-state index contributed by atoms with van der Waals surface area (Å²) in [5.41, 5.74) is 0. The molecule has 0 radical (unpaired) electrons. The first-order valence-corrected chi connectivity index (χ1v) is 33.3. The predicted octanol–water partition coefficient (Wildman–Crippen LogP) is 15.2. The van der Waals surface area contributed by atoms with Crippen LogP contribution in [0.1, 0.15) is 285 Å². The van der Waals surface area contributed by atoms with Gasteiger partial charge in [0.05, 0.1) is 26.4 Å². The lowest BCUT2D eigenvalue weighted by molar-refractivity contribution is -0.161. The normalized spacial score (nSPS) is 14.4. The van der Waals surface area contributed by atoms with Crippen molar-refractivity contribution in [2.24, 2.45) is 0 Å². The first-order chi connectivity index (χ1) is 36.7. The Morgan fingerprint density at radius 2 is 0.526 bits per heavy atom. The number of phosphoric ester groups is 2. The van der Waals surface area contributed by atoms with Gasteiger partial charge in [-0.25, -0.2) is 9.13 Å². The molecule has 0 aromatic rings. The fourth-order valence-electron chi connectivity index (χ4n) is 8.40. The van der Waals surface area contributed by atoms with Crippen molar-refractivity contribution in [3.05, 3.63) is 0 Å². The third-order valence-electron chi connectivity index (χ3n) is 13.1. The van der Waals surface area contributed by atoms with Crippen LogP contribution in [0.5, 0.6) is 0 Å². The van der Waals surface area contributed by atoms with Crippen LogP contribution in [0.25, 0.3) is 0 Å². The molecule has 0 amide bonds. The first-order valence-electron chi connectivity index (χ1n) is 30.3. The molecule has 76 heavy (non-hydrogen) atoms. The minimum atomic E-state index is -4.93. The number of hydrogen-bond acceptors (Lipinski definition) is 15. The standard InChI is InChI=1S/C57H110O17P2/c1-5-9-13-17-21-24-25-26-28-32-36-40-44-57(62)74-53(48-68-55(60)42-38-34-31-27-22-18-14-10-6-2)50-72-76(65,66)70-46-51(58)45-69-75(63,64)71-49-52(47-67-54(59)41-37-33-29-20-16-12-8-4)73-56(61)43-39-35-30-23-19-15-11-7-3/h51-53,58H,5-50H2,1-4H3,(H,63,64)(H,65,66)/t51-,52+,53+/m0/s1. The minimum Gasteiger partial charge on any atom is -0.462 e. The van der Waals surface area contributed by atoms with E-state index in [9.17, 15) is 43.2 Å². The molecule has 0 aliphatic carbocycles. The molecular formula is C57H110O17P2. The Balaban J connectivity index is 5.19. The summed E-state index contributed by atoms with van der Waals surface area (Å²) in [7, 11) is -9.86. The number of hydrogen-bond donors (Lipinski definition) is 3. The van der Waals surface area contributed by atoms with Crippen molar-refractivity contribution in [3.63, 3.8) is 0 Å². The molecule has 19 heteroatoms. The lowest BCUT2D eigenvalue weighted by atomic mass is 10.0. The van der Waals surface area contributed by atoms with Crippen molar-refractivity contribution in [1.82, 2.24) is 0 Å². The number of esters is 4. The summed E-state index contributed by atoms with van der Waals surface area (Å²) in [6, 6.07) is 0. The maximum Gasteiger partial charge on any atom is 0.472 e. The minimum absolute atomic E-state index is 0.105. The molecule has 0 heterocycles. The van der Waals surface area contributed by atoms with Crippen molar-refractivity contribution < 1.29 is 80.2 Å². The number of aliphatic hydroxyl groups is 1. The summed E-state index contributed by atoms with van der Waals surface area (Å²) >= 11 is 0. The monoisotopic (exact) mass is 1130 g/mol. The van der Waals surface area contributed by atoms with Crippen LogP contribution in [0.4, 0.5) is 0 Å². The van der Waals surface area contributed by atoms with Gasteiger partial charge >= 0.3 is 39.5 Å². The highest BCUT2D eigenvalue weighted by Crippen LogP contribution is 2.45. The van der Waals surface area contributed by atoms with Gasteiger partial charge in [0, 0.05) is 25.7 Å². The van der Waals surface area contributed by atoms with E-state index in [1.807, 2.05) is 0 Å². The molecule has 2 unspecified atom stereocenters. The summed E-state index contributed by atoms with van der Waals surface area (Å²) < 4.78 is 67.5. The third-order valence-corrected chi connectivity index (χ3v) is 15.0. The molecule has 0 aliphatic rings. The predicted molar refractivity (Wildman–Crippen MR) is 299 cm³/mol. The van der Waals surface area contributed by atoms with Crippen molar-refractivity contribution in [3.8, 4) is 0 Å². The van der Waals surface area contributed by atoms with Gasteiger partial charge in [0.2, 0.25) is 0 Å². The fraction of sp³-hybridized carbons (Fsp3) is 0.930. The Morgan fingerprint density at radius 1 is 0.316 bits per heavy atom. The molecule has 3 N–H and O–H groups in total. The van der Waals surface area contributed by atoms with Crippen LogP contribution >= 0.6 is 15.6 Å². The van der Waals surface area contributed by atoms with Gasteiger partial charge in [-0.2, -0.15) is 0 Å². The van der Waals surface area contributed by atoms with Gasteiger partial charge in [-0.05, 0) is 25.7 Å². The fourth-order valence-corrected chi connectivity index (χ4v) is 9.98. The van der Waals surface area contributed by atoms with Crippen LogP contribution < -0.4 is 0 Å². The second kappa shape index (κ2) is 52.4. The van der Waals surface area contributed by atoms with Crippen molar-refractivity contribution in [2.75, 3.05) is 39.6 Å². The summed E-state index contributed by atoms with van der Waals surface area (Å²) in [6.07, 6.45) is 34.9. The molecule has 0 aromatic heterocycles. The summed E-state index contributed by atoms with van der Waals surface area (Å²) in [5, 5.41) is 10.5. The lowest BCUT2D eigenvalue weighted by Crippen LogP contribution is -2.30. The summed E-state index contributed by atoms with van der Waals surface area (Å²) in [4.78, 5) is 71.6. The Labute approximate surface area is 460 Å². The maximum absolute atomic E-state index is 12.9. The van der Waals surface area contributed by atoms with Gasteiger partial charge in [0.25, 0.3) is 0 Å². The van der Waals surface area contributed by atoms with Crippen molar-refractivity contribution in [1.29, 1.82) is 0 Å². The molecule has 450 valence electrons. The molecule has 0 spiro atoms. The van der Waals surface area contributed by atoms with E-state index in [4.69, 9.17) is 37.0 Å². The van der Waals surface area contributed by atoms with E-state index in [2.05, 4.69) is 27.7 Å². The quantitative estimate of drug-likeness (QED) is 0.0222. The van der Waals surface area contributed by atoms with E-state index in [-0.39, 0.29) is 25.7 Å². The highest BCUT2D eigenvalue weighted by molar-refractivity contribution is 7.47. The molecule has 0 saturated carbocycles. The van der Waals surface area contributed by atoms with Gasteiger partial charge in [0.1, 0.15) is 19.3 Å². The molecule has 17 nitrogen and oxygen atoms in total. The van der Waals surface area contributed by atoms with Crippen LogP contribution in [0.3, 0.4) is 0 Å². The largest absolute Gasteiger partial charge is 0.472 e. The summed E-state index contributed by atoms with van der Waals surface area (Å²) in [6.45, 7) is 4.76. The molecule has 0 aromatic carbocycles. The Bertz CT molecular complexity index is 1490.